The molecule has 0 unspecified atom stereocenters. The van der Waals surface area contributed by atoms with Gasteiger partial charge in [0.2, 0.25) is 0 Å². The molecule has 0 heterocycles. The van der Waals surface area contributed by atoms with E-state index in [1.54, 1.807) is 6.07 Å². The SMILES string of the molecule is Nc1c(S(=O)(=O)O)cc(Nc2ccccc2S(=O)(=O)Cl)c2c1C(=O)c1ccccc1C2=O. The summed E-state index contributed by atoms with van der Waals surface area (Å²) in [5, 5.41) is 2.66. The van der Waals surface area contributed by atoms with Gasteiger partial charge in [0.1, 0.15) is 9.79 Å². The Balaban J connectivity index is 2.06. The average molecular weight is 493 g/mol. The van der Waals surface area contributed by atoms with Crippen LogP contribution in [0.3, 0.4) is 0 Å². The summed E-state index contributed by atoms with van der Waals surface area (Å²) >= 11 is 0. The Morgan fingerprint density at radius 1 is 0.781 bits per heavy atom. The molecule has 0 atom stereocenters. The molecule has 0 aliphatic heterocycles. The van der Waals surface area contributed by atoms with Gasteiger partial charge < -0.3 is 11.1 Å². The number of hydrogen-bond donors (Lipinski definition) is 3. The molecule has 1 aliphatic carbocycles. The molecule has 32 heavy (non-hydrogen) atoms. The van der Waals surface area contributed by atoms with Gasteiger partial charge in [0.15, 0.2) is 11.6 Å². The molecule has 0 radical (unpaired) electrons. The van der Waals surface area contributed by atoms with Crippen LogP contribution in [0.25, 0.3) is 0 Å². The number of fused-ring (bicyclic) bond motifs is 2. The van der Waals surface area contributed by atoms with Crippen molar-refractivity contribution in [2.45, 2.75) is 9.79 Å². The molecule has 12 heteroatoms. The monoisotopic (exact) mass is 492 g/mol. The van der Waals surface area contributed by atoms with Gasteiger partial charge in [-0.15, -0.1) is 0 Å². The van der Waals surface area contributed by atoms with E-state index in [0.717, 1.165) is 6.07 Å². The van der Waals surface area contributed by atoms with E-state index in [9.17, 15) is 31.0 Å². The van der Waals surface area contributed by atoms with Gasteiger partial charge in [-0.1, -0.05) is 36.4 Å². The first kappa shape index (κ1) is 22.0. The molecule has 0 saturated carbocycles. The molecule has 0 fully saturated rings. The molecule has 164 valence electrons. The fourth-order valence-electron chi connectivity index (χ4n) is 3.53. The molecule has 9 nitrogen and oxygen atoms in total. The lowest BCUT2D eigenvalue weighted by Crippen LogP contribution is -2.25. The Labute approximate surface area is 187 Å². The number of anilines is 3. The van der Waals surface area contributed by atoms with Crippen molar-refractivity contribution in [2.24, 2.45) is 0 Å². The Kier molecular flexibility index (Phi) is 5.09. The highest BCUT2D eigenvalue weighted by atomic mass is 35.7. The standard InChI is InChI=1S/C20H13ClN2O7S2/c21-31(26,27)14-8-4-3-7-12(14)23-13-9-15(32(28,29)30)18(22)17-16(13)19(24)10-5-1-2-6-11(10)20(17)25/h1-9,23H,22H2,(H,28,29,30). The van der Waals surface area contributed by atoms with Crippen molar-refractivity contribution in [1.82, 2.24) is 0 Å². The minimum atomic E-state index is -4.91. The highest BCUT2D eigenvalue weighted by molar-refractivity contribution is 8.13. The van der Waals surface area contributed by atoms with Gasteiger partial charge in [-0.05, 0) is 18.2 Å². The maximum atomic E-state index is 13.3. The van der Waals surface area contributed by atoms with Crippen molar-refractivity contribution in [3.05, 3.63) is 76.9 Å². The molecule has 3 aromatic carbocycles. The van der Waals surface area contributed by atoms with E-state index in [-0.39, 0.29) is 33.0 Å². The Bertz CT molecular complexity index is 1550. The summed E-state index contributed by atoms with van der Waals surface area (Å²) in [6.07, 6.45) is 0. The molecule has 0 amide bonds. The lowest BCUT2D eigenvalue weighted by molar-refractivity contribution is 0.0980. The Morgan fingerprint density at radius 2 is 1.31 bits per heavy atom. The minimum Gasteiger partial charge on any atom is -0.397 e. The van der Waals surface area contributed by atoms with E-state index in [2.05, 4.69) is 5.32 Å². The van der Waals surface area contributed by atoms with Gasteiger partial charge >= 0.3 is 0 Å². The number of carbonyl (C=O) groups is 2. The number of benzene rings is 3. The van der Waals surface area contributed by atoms with E-state index in [4.69, 9.17) is 16.4 Å². The zero-order valence-electron chi connectivity index (χ0n) is 15.9. The average Bonchev–Trinajstić information content (AvgIpc) is 2.71. The molecule has 0 bridgehead atoms. The van der Waals surface area contributed by atoms with E-state index in [1.807, 2.05) is 0 Å². The predicted octanol–water partition coefficient (Wildman–Crippen LogP) is 2.96. The molecule has 3 aromatic rings. The number of rotatable bonds is 4. The molecular weight excluding hydrogens is 480 g/mol. The summed E-state index contributed by atoms with van der Waals surface area (Å²) in [4.78, 5) is 25.2. The van der Waals surface area contributed by atoms with Crippen molar-refractivity contribution >= 4 is 58.5 Å². The molecule has 4 N–H and O–H groups in total. The summed E-state index contributed by atoms with van der Waals surface area (Å²) in [5.41, 5.74) is 4.36. The fourth-order valence-corrected chi connectivity index (χ4v) is 5.21. The number of ketones is 2. The quantitative estimate of drug-likeness (QED) is 0.221. The van der Waals surface area contributed by atoms with Crippen LogP contribution in [0.15, 0.2) is 64.4 Å². The van der Waals surface area contributed by atoms with Crippen LogP contribution in [0.2, 0.25) is 0 Å². The minimum absolute atomic E-state index is 0.0128. The second-order valence-electron chi connectivity index (χ2n) is 6.82. The van der Waals surface area contributed by atoms with Crippen LogP contribution in [0.5, 0.6) is 0 Å². The molecular formula is C20H13ClN2O7S2. The third-order valence-corrected chi connectivity index (χ3v) is 7.17. The molecule has 1 aliphatic rings. The third kappa shape index (κ3) is 3.54. The van der Waals surface area contributed by atoms with Crippen molar-refractivity contribution in [1.29, 1.82) is 0 Å². The number of para-hydroxylation sites is 1. The van der Waals surface area contributed by atoms with E-state index < -0.39 is 46.9 Å². The predicted molar refractivity (Wildman–Crippen MR) is 117 cm³/mol. The zero-order valence-corrected chi connectivity index (χ0v) is 18.3. The summed E-state index contributed by atoms with van der Waals surface area (Å²) in [7, 11) is -3.66. The smallest absolute Gasteiger partial charge is 0.296 e. The summed E-state index contributed by atoms with van der Waals surface area (Å²) in [6.45, 7) is 0. The highest BCUT2D eigenvalue weighted by Gasteiger charge is 2.36. The van der Waals surface area contributed by atoms with Crippen molar-refractivity contribution in [2.75, 3.05) is 11.1 Å². The number of carbonyl (C=O) groups excluding carboxylic acids is 2. The first-order valence-electron chi connectivity index (χ1n) is 8.84. The van der Waals surface area contributed by atoms with Crippen molar-refractivity contribution in [3.8, 4) is 0 Å². The van der Waals surface area contributed by atoms with E-state index in [1.165, 1.54) is 42.5 Å². The van der Waals surface area contributed by atoms with E-state index in [0.29, 0.717) is 0 Å². The normalized spacial score (nSPS) is 13.4. The molecule has 4 rings (SSSR count). The second-order valence-corrected chi connectivity index (χ2v) is 10.7. The number of nitrogens with two attached hydrogens (primary N) is 1. The first-order valence-corrected chi connectivity index (χ1v) is 12.6. The first-order chi connectivity index (χ1) is 14.9. The van der Waals surface area contributed by atoms with Gasteiger partial charge in [-0.2, -0.15) is 8.42 Å². The van der Waals surface area contributed by atoms with Crippen LogP contribution in [0.4, 0.5) is 17.1 Å². The van der Waals surface area contributed by atoms with Gasteiger partial charge in [0, 0.05) is 21.8 Å². The largest absolute Gasteiger partial charge is 0.397 e. The maximum absolute atomic E-state index is 13.3. The fraction of sp³-hybridized carbons (Fsp3) is 0. The molecule has 0 saturated heterocycles. The zero-order chi connectivity index (χ0) is 23.4. The number of nitrogen functional groups attached to an aromatic ring is 1. The lowest BCUT2D eigenvalue weighted by atomic mass is 9.82. The Morgan fingerprint density at radius 3 is 1.88 bits per heavy atom. The molecule has 0 spiro atoms. The van der Waals surface area contributed by atoms with Gasteiger partial charge in [-0.25, -0.2) is 8.42 Å². The lowest BCUT2D eigenvalue weighted by Gasteiger charge is -2.24. The number of halogens is 1. The van der Waals surface area contributed by atoms with E-state index >= 15 is 0 Å². The van der Waals surface area contributed by atoms with Gasteiger partial charge in [-0.3, -0.25) is 14.1 Å². The summed E-state index contributed by atoms with van der Waals surface area (Å²) in [5.74, 6) is -1.36. The van der Waals surface area contributed by atoms with Crippen LogP contribution in [-0.4, -0.2) is 33.0 Å². The number of nitrogens with one attached hydrogen (secondary N) is 1. The Hall–Kier alpha value is -3.25. The van der Waals surface area contributed by atoms with Gasteiger partial charge in [0.05, 0.1) is 28.2 Å². The van der Waals surface area contributed by atoms with Crippen molar-refractivity contribution < 1.29 is 31.0 Å². The summed E-state index contributed by atoms with van der Waals surface area (Å²) < 4.78 is 57.4. The van der Waals surface area contributed by atoms with Gasteiger partial charge in [0.25, 0.3) is 19.2 Å². The van der Waals surface area contributed by atoms with Crippen LogP contribution < -0.4 is 11.1 Å². The van der Waals surface area contributed by atoms with Crippen molar-refractivity contribution in [3.63, 3.8) is 0 Å². The number of hydrogen-bond acceptors (Lipinski definition) is 8. The highest BCUT2D eigenvalue weighted by Crippen LogP contribution is 2.40. The second kappa shape index (κ2) is 7.41. The van der Waals surface area contributed by atoms with Crippen LogP contribution >= 0.6 is 10.7 Å². The van der Waals surface area contributed by atoms with Crippen LogP contribution in [-0.2, 0) is 19.2 Å². The third-order valence-electron chi connectivity index (χ3n) is 4.90. The topological polar surface area (TPSA) is 161 Å². The maximum Gasteiger partial charge on any atom is 0.296 e. The van der Waals surface area contributed by atoms with Crippen LogP contribution in [0, 0.1) is 0 Å². The summed E-state index contributed by atoms with van der Waals surface area (Å²) in [6, 6.07) is 12.2. The molecule has 0 aromatic heterocycles. The van der Waals surface area contributed by atoms with Crippen LogP contribution in [0.1, 0.15) is 31.8 Å².